The molecule has 0 amide bonds. The zero-order chi connectivity index (χ0) is 17.7. The zero-order valence-electron chi connectivity index (χ0n) is 14.7. The fraction of sp³-hybridized carbons (Fsp3) is 0.429. The Balaban J connectivity index is 1.46. The van der Waals surface area contributed by atoms with Gasteiger partial charge in [-0.05, 0) is 65.8 Å². The Hall–Kier alpha value is -1.42. The molecule has 0 spiro atoms. The van der Waals surface area contributed by atoms with Gasteiger partial charge in [-0.15, -0.1) is 0 Å². The van der Waals surface area contributed by atoms with Crippen molar-refractivity contribution in [2.45, 2.75) is 25.3 Å². The Labute approximate surface area is 164 Å². The van der Waals surface area contributed by atoms with Crippen molar-refractivity contribution in [1.29, 1.82) is 0 Å². The summed E-state index contributed by atoms with van der Waals surface area (Å²) in [6.45, 7) is 5.41. The van der Waals surface area contributed by atoms with Crippen LogP contribution in [0.1, 0.15) is 29.0 Å². The zero-order valence-corrected chi connectivity index (χ0v) is 16.2. The number of nitrogens with one attached hydrogen (secondary N) is 2. The molecule has 0 radical (unpaired) electrons. The van der Waals surface area contributed by atoms with Gasteiger partial charge in [-0.2, -0.15) is 0 Å². The quantitative estimate of drug-likeness (QED) is 0.800. The van der Waals surface area contributed by atoms with Crippen LogP contribution in [0, 0.1) is 5.92 Å². The number of fused-ring (bicyclic) bond motifs is 2. The summed E-state index contributed by atoms with van der Waals surface area (Å²) in [7, 11) is 0. The van der Waals surface area contributed by atoms with Crippen molar-refractivity contribution in [3.63, 3.8) is 0 Å². The first-order chi connectivity index (χ1) is 12.7. The lowest BCUT2D eigenvalue weighted by Crippen LogP contribution is -2.41. The van der Waals surface area contributed by atoms with E-state index in [2.05, 4.69) is 27.7 Å². The first kappa shape index (κ1) is 16.7. The molecule has 5 heteroatoms. The number of hydrogen-bond acceptors (Lipinski definition) is 3. The Morgan fingerprint density at radius 1 is 1.08 bits per heavy atom. The van der Waals surface area contributed by atoms with Crippen LogP contribution in [0.5, 0.6) is 0 Å². The first-order valence-electron chi connectivity index (χ1n) is 9.49. The van der Waals surface area contributed by atoms with Crippen LogP contribution in [0.4, 0.5) is 11.4 Å². The van der Waals surface area contributed by atoms with Crippen LogP contribution in [0.15, 0.2) is 30.3 Å². The summed E-state index contributed by atoms with van der Waals surface area (Å²) in [6, 6.07) is 10.5. The fourth-order valence-electron chi connectivity index (χ4n) is 4.92. The lowest BCUT2D eigenvalue weighted by molar-refractivity contribution is 0.470. The minimum atomic E-state index is 0.653. The monoisotopic (exact) mass is 387 g/mol. The molecule has 1 saturated heterocycles. The second-order valence-electron chi connectivity index (χ2n) is 7.78. The third-order valence-electron chi connectivity index (χ3n) is 6.02. The maximum absolute atomic E-state index is 6.13. The minimum absolute atomic E-state index is 0.653. The maximum Gasteiger partial charge on any atom is 0.0436 e. The number of hydrogen-bond donors (Lipinski definition) is 2. The third-order valence-corrected chi connectivity index (χ3v) is 6.46. The molecule has 2 atom stereocenters. The summed E-state index contributed by atoms with van der Waals surface area (Å²) in [5.41, 5.74) is 6.89. The Morgan fingerprint density at radius 3 is 2.77 bits per heavy atom. The molecule has 2 aromatic rings. The molecule has 0 saturated carbocycles. The van der Waals surface area contributed by atoms with Crippen LogP contribution in [0.2, 0.25) is 10.0 Å². The molecule has 26 heavy (non-hydrogen) atoms. The van der Waals surface area contributed by atoms with Crippen LogP contribution in [0.3, 0.4) is 0 Å². The average molecular weight is 388 g/mol. The van der Waals surface area contributed by atoms with Gasteiger partial charge in [-0.3, -0.25) is 0 Å². The average Bonchev–Trinajstić information content (AvgIpc) is 3.08. The fourth-order valence-corrected chi connectivity index (χ4v) is 5.49. The van der Waals surface area contributed by atoms with Gasteiger partial charge in [0, 0.05) is 60.1 Å². The van der Waals surface area contributed by atoms with Crippen molar-refractivity contribution in [1.82, 2.24) is 5.32 Å². The van der Waals surface area contributed by atoms with E-state index in [1.54, 1.807) is 6.07 Å². The lowest BCUT2D eigenvalue weighted by atomic mass is 9.80. The van der Waals surface area contributed by atoms with E-state index in [4.69, 9.17) is 23.2 Å². The summed E-state index contributed by atoms with van der Waals surface area (Å²) in [5.74, 6) is 1.40. The summed E-state index contributed by atoms with van der Waals surface area (Å²) in [5, 5.41) is 8.58. The van der Waals surface area contributed by atoms with E-state index < -0.39 is 0 Å². The molecular formula is C21H23Cl2N3. The van der Waals surface area contributed by atoms with Crippen molar-refractivity contribution in [2.75, 3.05) is 36.4 Å². The SMILES string of the molecule is Clc1cc(Cl)cc(CNc2cc3c4c(c2)[C@H]2CNC[C@H]2CN4CCC3)c1. The van der Waals surface area contributed by atoms with E-state index in [9.17, 15) is 0 Å². The van der Waals surface area contributed by atoms with Crippen LogP contribution in [0.25, 0.3) is 0 Å². The summed E-state index contributed by atoms with van der Waals surface area (Å²) in [6.07, 6.45) is 2.44. The number of rotatable bonds is 3. The molecule has 1 fully saturated rings. The van der Waals surface area contributed by atoms with Crippen molar-refractivity contribution >= 4 is 34.6 Å². The van der Waals surface area contributed by atoms with Crippen LogP contribution in [-0.4, -0.2) is 26.2 Å². The van der Waals surface area contributed by atoms with Crippen LogP contribution >= 0.6 is 23.2 Å². The molecular weight excluding hydrogens is 365 g/mol. The number of anilines is 2. The molecule has 136 valence electrons. The van der Waals surface area contributed by atoms with Crippen molar-refractivity contribution in [3.05, 3.63) is 57.1 Å². The van der Waals surface area contributed by atoms with Gasteiger partial charge in [-0.1, -0.05) is 23.2 Å². The summed E-state index contributed by atoms with van der Waals surface area (Å²) in [4.78, 5) is 2.63. The van der Waals surface area contributed by atoms with E-state index in [0.717, 1.165) is 31.1 Å². The second-order valence-corrected chi connectivity index (χ2v) is 8.65. The molecule has 0 unspecified atom stereocenters. The van der Waals surface area contributed by atoms with Gasteiger partial charge in [-0.25, -0.2) is 0 Å². The Kier molecular flexibility index (Phi) is 4.27. The van der Waals surface area contributed by atoms with E-state index in [1.807, 2.05) is 12.1 Å². The third kappa shape index (κ3) is 2.96. The van der Waals surface area contributed by atoms with Gasteiger partial charge in [0.2, 0.25) is 0 Å². The smallest absolute Gasteiger partial charge is 0.0436 e. The van der Waals surface area contributed by atoms with Crippen LogP contribution in [-0.2, 0) is 13.0 Å². The predicted octanol–water partition coefficient (Wildman–Crippen LogP) is 4.67. The van der Waals surface area contributed by atoms with Gasteiger partial charge >= 0.3 is 0 Å². The van der Waals surface area contributed by atoms with Crippen molar-refractivity contribution in [3.8, 4) is 0 Å². The van der Waals surface area contributed by atoms with Gasteiger partial charge in [0.05, 0.1) is 0 Å². The Morgan fingerprint density at radius 2 is 1.92 bits per heavy atom. The number of aryl methyl sites for hydroxylation is 1. The number of halogens is 2. The van der Waals surface area contributed by atoms with E-state index in [1.165, 1.54) is 48.4 Å². The molecule has 2 N–H and O–H groups in total. The molecule has 3 heterocycles. The molecule has 3 aliphatic heterocycles. The largest absolute Gasteiger partial charge is 0.381 e. The first-order valence-corrected chi connectivity index (χ1v) is 10.2. The van der Waals surface area contributed by atoms with Crippen molar-refractivity contribution in [2.24, 2.45) is 5.92 Å². The molecule has 0 aliphatic carbocycles. The van der Waals surface area contributed by atoms with E-state index in [-0.39, 0.29) is 0 Å². The molecule has 0 aromatic heterocycles. The highest BCUT2D eigenvalue weighted by atomic mass is 35.5. The van der Waals surface area contributed by atoms with E-state index in [0.29, 0.717) is 16.0 Å². The molecule has 2 aromatic carbocycles. The summed E-state index contributed by atoms with van der Waals surface area (Å²) >= 11 is 12.3. The highest BCUT2D eigenvalue weighted by molar-refractivity contribution is 6.34. The minimum Gasteiger partial charge on any atom is -0.381 e. The number of benzene rings is 2. The highest BCUT2D eigenvalue weighted by Gasteiger charge is 2.38. The van der Waals surface area contributed by atoms with Gasteiger partial charge in [0.1, 0.15) is 0 Å². The molecule has 5 rings (SSSR count). The molecule has 3 aliphatic rings. The topological polar surface area (TPSA) is 27.3 Å². The standard InChI is InChI=1S/C21H23Cl2N3/c22-16-4-13(5-17(23)7-16)9-25-18-6-14-2-1-3-26-12-15-10-24-11-20(15)19(8-18)21(14)26/h4-8,15,20,24-25H,1-3,9-12H2/t15-,20-/m0/s1. The maximum atomic E-state index is 6.13. The van der Waals surface area contributed by atoms with E-state index >= 15 is 0 Å². The second kappa shape index (κ2) is 6.63. The Bertz CT molecular complexity index is 831. The van der Waals surface area contributed by atoms with Gasteiger partial charge in [0.25, 0.3) is 0 Å². The lowest BCUT2D eigenvalue weighted by Gasteiger charge is -2.42. The number of nitrogens with zero attached hydrogens (tertiary/aromatic N) is 1. The summed E-state index contributed by atoms with van der Waals surface area (Å²) < 4.78 is 0. The van der Waals surface area contributed by atoms with Gasteiger partial charge in [0.15, 0.2) is 0 Å². The highest BCUT2D eigenvalue weighted by Crippen LogP contribution is 2.45. The van der Waals surface area contributed by atoms with Crippen molar-refractivity contribution < 1.29 is 0 Å². The molecule has 0 bridgehead atoms. The van der Waals surface area contributed by atoms with Gasteiger partial charge < -0.3 is 15.5 Å². The molecule has 3 nitrogen and oxygen atoms in total. The normalized spacial score (nSPS) is 23.5. The van der Waals surface area contributed by atoms with Crippen LogP contribution < -0.4 is 15.5 Å². The predicted molar refractivity (Wildman–Crippen MR) is 110 cm³/mol.